The van der Waals surface area contributed by atoms with Gasteiger partial charge in [0.1, 0.15) is 19.0 Å². The Morgan fingerprint density at radius 3 is 2.58 bits per heavy atom. The minimum absolute atomic E-state index is 0.0312. The van der Waals surface area contributed by atoms with Crippen LogP contribution in [0.4, 0.5) is 15.8 Å². The fourth-order valence-corrected chi connectivity index (χ4v) is 5.13. The van der Waals surface area contributed by atoms with Crippen molar-refractivity contribution in [3.05, 3.63) is 100 Å². The van der Waals surface area contributed by atoms with Crippen LogP contribution in [0.3, 0.4) is 0 Å². The van der Waals surface area contributed by atoms with Crippen LogP contribution >= 0.6 is 11.6 Å². The highest BCUT2D eigenvalue weighted by molar-refractivity contribution is 6.31. The van der Waals surface area contributed by atoms with Crippen molar-refractivity contribution < 1.29 is 33.4 Å². The second kappa shape index (κ2) is 13.4. The summed E-state index contributed by atoms with van der Waals surface area (Å²) in [5.41, 5.74) is 2.08. The lowest BCUT2D eigenvalue weighted by atomic mass is 9.90. The van der Waals surface area contributed by atoms with E-state index in [0.29, 0.717) is 22.5 Å². The summed E-state index contributed by atoms with van der Waals surface area (Å²) in [6.07, 6.45) is 3.91. The average Bonchev–Trinajstić information content (AvgIpc) is 3.56. The number of carboxylic acids is 1. The number of anilines is 2. The van der Waals surface area contributed by atoms with Crippen LogP contribution in [0.5, 0.6) is 0 Å². The van der Waals surface area contributed by atoms with Gasteiger partial charge in [0.15, 0.2) is 5.82 Å². The first-order valence-corrected chi connectivity index (χ1v) is 13.8. The fourth-order valence-electron chi connectivity index (χ4n) is 4.97. The number of ether oxygens (including phenoxy) is 1. The molecule has 0 aliphatic carbocycles. The van der Waals surface area contributed by atoms with Gasteiger partial charge in [-0.15, -0.1) is 5.10 Å². The van der Waals surface area contributed by atoms with Crippen LogP contribution in [0, 0.1) is 5.82 Å². The zero-order chi connectivity index (χ0) is 32.1. The Balaban J connectivity index is 1.50. The monoisotopic (exact) mass is 633 g/mol. The van der Waals surface area contributed by atoms with Gasteiger partial charge in [0.05, 0.1) is 16.3 Å². The number of aromatic carboxylic acids is 1. The van der Waals surface area contributed by atoms with E-state index in [1.807, 2.05) is 0 Å². The molecule has 0 saturated carbocycles. The molecule has 0 bridgehead atoms. The number of carboxylic acid groups (broad SMARTS) is 1. The molecule has 5 rings (SSSR count). The van der Waals surface area contributed by atoms with E-state index in [1.54, 1.807) is 18.2 Å². The highest BCUT2D eigenvalue weighted by Crippen LogP contribution is 2.35. The number of carbonyl (C=O) groups is 4. The molecule has 3 N–H and O–H groups in total. The summed E-state index contributed by atoms with van der Waals surface area (Å²) in [4.78, 5) is 52.4. The Kier molecular flexibility index (Phi) is 9.25. The van der Waals surface area contributed by atoms with Gasteiger partial charge in [-0.05, 0) is 76.5 Å². The molecule has 230 valence electrons. The summed E-state index contributed by atoms with van der Waals surface area (Å²) in [6, 6.07) is 12.2. The highest BCUT2D eigenvalue weighted by atomic mass is 35.5. The van der Waals surface area contributed by atoms with Gasteiger partial charge in [-0.2, -0.15) is 4.68 Å². The van der Waals surface area contributed by atoms with Gasteiger partial charge in [0, 0.05) is 36.7 Å². The Labute approximate surface area is 260 Å². The zero-order valence-electron chi connectivity index (χ0n) is 23.6. The molecule has 13 nitrogen and oxygen atoms in total. The molecule has 3 amide bonds. The normalized spacial score (nSPS) is 14.2. The van der Waals surface area contributed by atoms with E-state index in [0.717, 1.165) is 6.08 Å². The molecule has 1 aromatic heterocycles. The molecule has 0 unspecified atom stereocenters. The third-order valence-electron chi connectivity index (χ3n) is 7.00. The molecule has 2 heterocycles. The first-order chi connectivity index (χ1) is 21.7. The van der Waals surface area contributed by atoms with Crippen molar-refractivity contribution in [1.82, 2.24) is 25.1 Å². The summed E-state index contributed by atoms with van der Waals surface area (Å²) >= 11 is 6.02. The second-order valence-electron chi connectivity index (χ2n) is 9.79. The molecule has 0 saturated heterocycles. The van der Waals surface area contributed by atoms with Crippen LogP contribution in [-0.4, -0.2) is 74.2 Å². The van der Waals surface area contributed by atoms with Crippen LogP contribution in [0.1, 0.15) is 33.1 Å². The number of tetrazole rings is 1. The zero-order valence-corrected chi connectivity index (χ0v) is 24.4. The van der Waals surface area contributed by atoms with Crippen molar-refractivity contribution in [2.75, 3.05) is 30.9 Å². The van der Waals surface area contributed by atoms with Crippen molar-refractivity contribution in [3.8, 4) is 5.69 Å². The van der Waals surface area contributed by atoms with E-state index in [1.165, 1.54) is 65.5 Å². The Bertz CT molecular complexity index is 1800. The minimum atomic E-state index is -1.17. The van der Waals surface area contributed by atoms with Gasteiger partial charge in [-0.1, -0.05) is 23.7 Å². The number of nitrogens with one attached hydrogen (secondary N) is 2. The van der Waals surface area contributed by atoms with E-state index in [-0.39, 0.29) is 41.4 Å². The molecule has 0 radical (unpaired) electrons. The number of fused-ring (bicyclic) bond motifs is 1. The van der Waals surface area contributed by atoms with E-state index >= 15 is 4.39 Å². The third kappa shape index (κ3) is 6.71. The molecule has 1 atom stereocenters. The maximum atomic E-state index is 15.1. The maximum Gasteiger partial charge on any atom is 0.335 e. The molecule has 0 fully saturated rings. The molecule has 15 heteroatoms. The number of rotatable bonds is 9. The number of hydrogen-bond acceptors (Lipinski definition) is 8. The fraction of sp³-hybridized carbons (Fsp3) is 0.167. The summed E-state index contributed by atoms with van der Waals surface area (Å²) in [6.45, 7) is -0.108. The summed E-state index contributed by atoms with van der Waals surface area (Å²) in [5.74, 6) is -3.52. The molecule has 0 spiro atoms. The van der Waals surface area contributed by atoms with E-state index in [9.17, 15) is 24.3 Å². The third-order valence-corrected chi connectivity index (χ3v) is 7.29. The highest BCUT2D eigenvalue weighted by Gasteiger charge is 2.36. The molecule has 3 aromatic carbocycles. The maximum absolute atomic E-state index is 15.1. The SMILES string of the molecule is COCC(=O)Nc1cccc2c1CCN(C(=O)/C=C/c1c(-n3cnnn3)ccc(Cl)c1F)[C@@H]2C(=O)Nc1ccc(C(=O)O)cc1. The van der Waals surface area contributed by atoms with E-state index < -0.39 is 35.5 Å². The standard InChI is InChI=1S/C30H25ClFN7O6/c1-45-15-25(40)35-23-4-2-3-20-19(23)13-14-38(28(20)29(42)34-18-7-5-17(6-8-18)30(43)44)26(41)12-9-21-24(39-16-33-36-37-39)11-10-22(31)27(21)32/h2-12,16,28H,13-15H2,1H3,(H,34,42)(H,35,40)(H,43,44)/b12-9+/t28-/m0/s1. The van der Waals surface area contributed by atoms with Crippen LogP contribution in [-0.2, 0) is 25.5 Å². The molecular weight excluding hydrogens is 609 g/mol. The van der Waals surface area contributed by atoms with Crippen LogP contribution in [0.2, 0.25) is 5.02 Å². The number of benzene rings is 3. The Hall–Kier alpha value is -5.47. The number of amides is 3. The number of halogens is 2. The van der Waals surface area contributed by atoms with Crippen LogP contribution in [0.15, 0.2) is 67.0 Å². The summed E-state index contributed by atoms with van der Waals surface area (Å²) < 4.78 is 21.3. The molecular formula is C30H25ClFN7O6. The first kappa shape index (κ1) is 31.0. The second-order valence-corrected chi connectivity index (χ2v) is 10.2. The number of nitrogens with zero attached hydrogens (tertiary/aromatic N) is 5. The smallest absolute Gasteiger partial charge is 0.335 e. The quantitative estimate of drug-likeness (QED) is 0.234. The van der Waals surface area contributed by atoms with Crippen molar-refractivity contribution >= 4 is 52.7 Å². The van der Waals surface area contributed by atoms with Crippen molar-refractivity contribution in [2.24, 2.45) is 0 Å². The van der Waals surface area contributed by atoms with Crippen LogP contribution in [0.25, 0.3) is 11.8 Å². The van der Waals surface area contributed by atoms with Gasteiger partial charge in [0.25, 0.3) is 5.91 Å². The predicted octanol–water partition coefficient (Wildman–Crippen LogP) is 3.52. The lowest BCUT2D eigenvalue weighted by Gasteiger charge is -2.36. The molecule has 1 aliphatic heterocycles. The average molecular weight is 634 g/mol. The Morgan fingerprint density at radius 2 is 1.89 bits per heavy atom. The van der Waals surface area contributed by atoms with Gasteiger partial charge in [0.2, 0.25) is 11.8 Å². The van der Waals surface area contributed by atoms with Crippen molar-refractivity contribution in [3.63, 3.8) is 0 Å². The van der Waals surface area contributed by atoms with Gasteiger partial charge < -0.3 is 25.4 Å². The van der Waals surface area contributed by atoms with Crippen molar-refractivity contribution in [2.45, 2.75) is 12.5 Å². The number of hydrogen-bond donors (Lipinski definition) is 3. The number of aromatic nitrogens is 4. The summed E-state index contributed by atoms with van der Waals surface area (Å²) in [5, 5.41) is 25.5. The lowest BCUT2D eigenvalue weighted by Crippen LogP contribution is -2.45. The topological polar surface area (TPSA) is 169 Å². The van der Waals surface area contributed by atoms with E-state index in [2.05, 4.69) is 26.2 Å². The van der Waals surface area contributed by atoms with Gasteiger partial charge in [-0.3, -0.25) is 14.4 Å². The van der Waals surface area contributed by atoms with E-state index in [4.69, 9.17) is 16.3 Å². The largest absolute Gasteiger partial charge is 0.478 e. The van der Waals surface area contributed by atoms with Crippen LogP contribution < -0.4 is 10.6 Å². The molecule has 4 aromatic rings. The first-order valence-electron chi connectivity index (χ1n) is 13.4. The predicted molar refractivity (Wildman–Crippen MR) is 160 cm³/mol. The van der Waals surface area contributed by atoms with Gasteiger partial charge >= 0.3 is 5.97 Å². The van der Waals surface area contributed by atoms with Gasteiger partial charge in [-0.25, -0.2) is 9.18 Å². The number of methoxy groups -OCH3 is 1. The number of carbonyl (C=O) groups excluding carboxylic acids is 3. The minimum Gasteiger partial charge on any atom is -0.478 e. The molecule has 1 aliphatic rings. The molecule has 45 heavy (non-hydrogen) atoms. The van der Waals surface area contributed by atoms with Crippen molar-refractivity contribution in [1.29, 1.82) is 0 Å². The summed E-state index contributed by atoms with van der Waals surface area (Å²) in [7, 11) is 1.39. The Morgan fingerprint density at radius 1 is 1.11 bits per heavy atom. The lowest BCUT2D eigenvalue weighted by molar-refractivity contribution is -0.135.